The minimum atomic E-state index is -0.473. The van der Waals surface area contributed by atoms with Crippen LogP contribution in [-0.2, 0) is 9.47 Å². The summed E-state index contributed by atoms with van der Waals surface area (Å²) in [6, 6.07) is 1.43. The van der Waals surface area contributed by atoms with Crippen molar-refractivity contribution in [1.29, 1.82) is 0 Å². The maximum Gasteiger partial charge on any atom is 0.356 e. The van der Waals surface area contributed by atoms with E-state index in [9.17, 15) is 4.79 Å². The van der Waals surface area contributed by atoms with Crippen molar-refractivity contribution in [2.75, 3.05) is 25.6 Å². The van der Waals surface area contributed by atoms with Crippen LogP contribution >= 0.6 is 0 Å². The van der Waals surface area contributed by atoms with Gasteiger partial charge in [0.1, 0.15) is 18.1 Å². The van der Waals surface area contributed by atoms with Gasteiger partial charge in [0.15, 0.2) is 0 Å². The Kier molecular flexibility index (Phi) is 4.62. The van der Waals surface area contributed by atoms with E-state index in [1.807, 2.05) is 6.92 Å². The fourth-order valence-corrected chi connectivity index (χ4v) is 0.959. The van der Waals surface area contributed by atoms with E-state index in [-0.39, 0.29) is 18.1 Å². The van der Waals surface area contributed by atoms with Gasteiger partial charge in [0.05, 0.1) is 6.61 Å². The molecule has 0 atom stereocenters. The number of anilines is 1. The van der Waals surface area contributed by atoms with E-state index < -0.39 is 5.97 Å². The zero-order valence-electron chi connectivity index (χ0n) is 8.66. The average molecular weight is 213 g/mol. The van der Waals surface area contributed by atoms with Gasteiger partial charge in [0.25, 0.3) is 0 Å². The number of carbonyl (C=O) groups is 1. The molecule has 0 radical (unpaired) electrons. The van der Waals surface area contributed by atoms with Gasteiger partial charge in [-0.2, -0.15) is 5.10 Å². The van der Waals surface area contributed by atoms with E-state index in [2.05, 4.69) is 10.2 Å². The molecule has 15 heavy (non-hydrogen) atoms. The van der Waals surface area contributed by atoms with Gasteiger partial charge < -0.3 is 15.2 Å². The molecule has 0 aromatic carbocycles. The van der Waals surface area contributed by atoms with Crippen molar-refractivity contribution in [2.45, 2.75) is 13.3 Å². The van der Waals surface area contributed by atoms with Crippen LogP contribution in [-0.4, -0.2) is 36.0 Å². The Morgan fingerprint density at radius 2 is 2.33 bits per heavy atom. The van der Waals surface area contributed by atoms with Crippen molar-refractivity contribution in [3.05, 3.63) is 11.8 Å². The van der Waals surface area contributed by atoms with Crippen molar-refractivity contribution in [1.82, 2.24) is 10.2 Å². The molecule has 0 aliphatic rings. The predicted molar refractivity (Wildman–Crippen MR) is 54.4 cm³/mol. The summed E-state index contributed by atoms with van der Waals surface area (Å²) in [6.07, 6.45) is 0.949. The van der Waals surface area contributed by atoms with E-state index in [4.69, 9.17) is 15.2 Å². The van der Waals surface area contributed by atoms with Gasteiger partial charge in [-0.3, -0.25) is 5.10 Å². The highest BCUT2D eigenvalue weighted by Gasteiger charge is 2.09. The minimum Gasteiger partial charge on any atom is -0.459 e. The molecule has 0 saturated heterocycles. The summed E-state index contributed by atoms with van der Waals surface area (Å²) in [5.41, 5.74) is 5.59. The number of hydrogen-bond donors (Lipinski definition) is 2. The van der Waals surface area contributed by atoms with Crippen LogP contribution in [0.5, 0.6) is 0 Å². The van der Waals surface area contributed by atoms with Gasteiger partial charge >= 0.3 is 5.97 Å². The number of carbonyl (C=O) groups excluding carboxylic acids is 1. The van der Waals surface area contributed by atoms with E-state index in [1.54, 1.807) is 0 Å². The summed E-state index contributed by atoms with van der Waals surface area (Å²) >= 11 is 0. The van der Waals surface area contributed by atoms with Crippen LogP contribution in [0.2, 0.25) is 0 Å². The molecule has 1 rings (SSSR count). The molecule has 1 aromatic rings. The number of aromatic nitrogens is 2. The SMILES string of the molecule is CCCOCCOC(=O)c1cc(N)n[nH]1. The molecule has 0 spiro atoms. The lowest BCUT2D eigenvalue weighted by atomic mass is 10.4. The van der Waals surface area contributed by atoms with Crippen molar-refractivity contribution in [2.24, 2.45) is 0 Å². The van der Waals surface area contributed by atoms with Gasteiger partial charge in [-0.05, 0) is 6.42 Å². The number of nitrogens with two attached hydrogens (primary N) is 1. The molecule has 0 unspecified atom stereocenters. The van der Waals surface area contributed by atoms with Crippen LogP contribution in [0.25, 0.3) is 0 Å². The molecule has 0 bridgehead atoms. The second-order valence-electron chi connectivity index (χ2n) is 2.95. The van der Waals surface area contributed by atoms with E-state index in [1.165, 1.54) is 6.07 Å². The van der Waals surface area contributed by atoms with Crippen LogP contribution in [0.15, 0.2) is 6.07 Å². The lowest BCUT2D eigenvalue weighted by Gasteiger charge is -2.03. The lowest BCUT2D eigenvalue weighted by Crippen LogP contribution is -2.11. The average Bonchev–Trinajstić information content (AvgIpc) is 2.64. The maximum absolute atomic E-state index is 11.3. The highest BCUT2D eigenvalue weighted by Crippen LogP contribution is 2.01. The van der Waals surface area contributed by atoms with Gasteiger partial charge in [0, 0.05) is 12.7 Å². The molecule has 0 aliphatic heterocycles. The second-order valence-corrected chi connectivity index (χ2v) is 2.95. The molecule has 6 nitrogen and oxygen atoms in total. The van der Waals surface area contributed by atoms with E-state index in [0.717, 1.165) is 6.42 Å². The Labute approximate surface area is 87.7 Å². The molecule has 0 aliphatic carbocycles. The van der Waals surface area contributed by atoms with Crippen molar-refractivity contribution >= 4 is 11.8 Å². The standard InChI is InChI=1S/C9H15N3O3/c1-2-3-14-4-5-15-9(13)7-6-8(10)12-11-7/h6H,2-5H2,1H3,(H3,10,11,12). The summed E-state index contributed by atoms with van der Waals surface area (Å²) in [7, 11) is 0. The predicted octanol–water partition coefficient (Wildman–Crippen LogP) is 0.575. The number of nitrogens with one attached hydrogen (secondary N) is 1. The largest absolute Gasteiger partial charge is 0.459 e. The first-order valence-electron chi connectivity index (χ1n) is 4.79. The molecule has 84 valence electrons. The molecule has 1 aromatic heterocycles. The number of H-pyrrole nitrogens is 1. The fraction of sp³-hybridized carbons (Fsp3) is 0.556. The topological polar surface area (TPSA) is 90.2 Å². The first-order chi connectivity index (χ1) is 7.24. The molecular weight excluding hydrogens is 198 g/mol. The summed E-state index contributed by atoms with van der Waals surface area (Å²) in [6.45, 7) is 3.33. The third-order valence-corrected chi connectivity index (χ3v) is 1.63. The lowest BCUT2D eigenvalue weighted by molar-refractivity contribution is 0.0313. The van der Waals surface area contributed by atoms with Gasteiger partial charge in [-0.25, -0.2) is 4.79 Å². The highest BCUT2D eigenvalue weighted by molar-refractivity contribution is 5.87. The van der Waals surface area contributed by atoms with Gasteiger partial charge in [0.2, 0.25) is 0 Å². The van der Waals surface area contributed by atoms with Crippen LogP contribution < -0.4 is 5.73 Å². The Bertz CT molecular complexity index is 311. The fourth-order valence-electron chi connectivity index (χ4n) is 0.959. The van der Waals surface area contributed by atoms with E-state index >= 15 is 0 Å². The zero-order valence-corrected chi connectivity index (χ0v) is 8.66. The Morgan fingerprint density at radius 3 is 2.93 bits per heavy atom. The number of rotatable bonds is 6. The summed E-state index contributed by atoms with van der Waals surface area (Å²) in [5.74, 6) is -0.205. The van der Waals surface area contributed by atoms with Crippen LogP contribution in [0.3, 0.4) is 0 Å². The molecule has 0 saturated carbocycles. The second kappa shape index (κ2) is 6.02. The maximum atomic E-state index is 11.3. The summed E-state index contributed by atoms with van der Waals surface area (Å²) < 4.78 is 10.0. The Hall–Kier alpha value is -1.56. The molecule has 6 heteroatoms. The molecule has 0 amide bonds. The summed E-state index contributed by atoms with van der Waals surface area (Å²) in [4.78, 5) is 11.3. The quantitative estimate of drug-likeness (QED) is 0.532. The van der Waals surface area contributed by atoms with E-state index in [0.29, 0.717) is 13.2 Å². The van der Waals surface area contributed by atoms with Crippen molar-refractivity contribution in [3.8, 4) is 0 Å². The Morgan fingerprint density at radius 1 is 1.53 bits per heavy atom. The van der Waals surface area contributed by atoms with Crippen LogP contribution in [0, 0.1) is 0 Å². The van der Waals surface area contributed by atoms with Crippen molar-refractivity contribution in [3.63, 3.8) is 0 Å². The van der Waals surface area contributed by atoms with Crippen LogP contribution in [0.4, 0.5) is 5.82 Å². The molecule has 1 heterocycles. The first kappa shape index (κ1) is 11.5. The van der Waals surface area contributed by atoms with Crippen molar-refractivity contribution < 1.29 is 14.3 Å². The monoisotopic (exact) mass is 213 g/mol. The number of aromatic amines is 1. The minimum absolute atomic E-state index is 0.234. The smallest absolute Gasteiger partial charge is 0.356 e. The number of nitrogens with zero attached hydrogens (tertiary/aromatic N) is 1. The normalized spacial score (nSPS) is 10.2. The molecule has 0 fully saturated rings. The zero-order chi connectivity index (χ0) is 11.1. The third kappa shape index (κ3) is 3.99. The number of esters is 1. The molecule has 3 N–H and O–H groups in total. The number of hydrogen-bond acceptors (Lipinski definition) is 5. The highest BCUT2D eigenvalue weighted by atomic mass is 16.6. The Balaban J connectivity index is 2.19. The van der Waals surface area contributed by atoms with Gasteiger partial charge in [-0.15, -0.1) is 0 Å². The number of ether oxygens (including phenoxy) is 2. The number of nitrogen functional groups attached to an aromatic ring is 1. The summed E-state index contributed by atoms with van der Waals surface area (Å²) in [5, 5.41) is 6.08. The molecular formula is C9H15N3O3. The van der Waals surface area contributed by atoms with Gasteiger partial charge in [-0.1, -0.05) is 6.92 Å². The van der Waals surface area contributed by atoms with Crippen LogP contribution in [0.1, 0.15) is 23.8 Å². The first-order valence-corrected chi connectivity index (χ1v) is 4.79. The third-order valence-electron chi connectivity index (χ3n) is 1.63.